The summed E-state index contributed by atoms with van der Waals surface area (Å²) in [6, 6.07) is 18.0. The Morgan fingerprint density at radius 3 is 2.49 bits per heavy atom. The maximum atomic E-state index is 12.6. The summed E-state index contributed by atoms with van der Waals surface area (Å²) in [5.74, 6) is -0.175. The topological polar surface area (TPSA) is 88.5 Å². The average molecular weight is 525 g/mol. The smallest absolute Gasteiger partial charge is 0.337 e. The van der Waals surface area contributed by atoms with E-state index in [-0.39, 0.29) is 18.0 Å². The Balaban J connectivity index is 1.55. The minimum absolute atomic E-state index is 0.146. The fourth-order valence-electron chi connectivity index (χ4n) is 4.23. The number of carboxylic acids is 1. The van der Waals surface area contributed by atoms with Gasteiger partial charge >= 0.3 is 5.97 Å². The van der Waals surface area contributed by atoms with Gasteiger partial charge in [-0.05, 0) is 53.6 Å². The van der Waals surface area contributed by atoms with E-state index in [1.165, 1.54) is 11.8 Å². The SMILES string of the molecule is COc1cc(CN(C(C)=O)c2ccc(N3CCOCC3)c(C(=O)O)c2)ccc1OCc1cccc(Cl)c1. The lowest BCUT2D eigenvalue weighted by atomic mass is 10.1. The molecular weight excluding hydrogens is 496 g/mol. The Morgan fingerprint density at radius 2 is 1.81 bits per heavy atom. The molecule has 0 radical (unpaired) electrons. The monoisotopic (exact) mass is 524 g/mol. The molecule has 1 fully saturated rings. The van der Waals surface area contributed by atoms with Crippen LogP contribution in [0.1, 0.15) is 28.4 Å². The first kappa shape index (κ1) is 26.3. The van der Waals surface area contributed by atoms with Crippen molar-refractivity contribution in [2.45, 2.75) is 20.1 Å². The van der Waals surface area contributed by atoms with Crippen molar-refractivity contribution in [2.75, 3.05) is 43.2 Å². The molecular formula is C28H29ClN2O6. The number of amides is 1. The number of carbonyl (C=O) groups excluding carboxylic acids is 1. The van der Waals surface area contributed by atoms with Crippen LogP contribution in [0.4, 0.5) is 11.4 Å². The lowest BCUT2D eigenvalue weighted by molar-refractivity contribution is -0.116. The number of halogens is 1. The van der Waals surface area contributed by atoms with E-state index in [0.717, 1.165) is 11.1 Å². The first-order valence-electron chi connectivity index (χ1n) is 11.9. The van der Waals surface area contributed by atoms with Gasteiger partial charge in [0.1, 0.15) is 6.61 Å². The van der Waals surface area contributed by atoms with Crippen molar-refractivity contribution in [3.63, 3.8) is 0 Å². The standard InChI is InChI=1S/C28H29ClN2O6/c1-19(32)31(23-7-8-25(24(16-23)28(33)34)30-10-12-36-13-11-30)17-20-6-9-26(27(15-20)35-2)37-18-21-4-3-5-22(29)14-21/h3-9,14-16H,10-13,17-18H2,1-2H3,(H,33,34). The summed E-state index contributed by atoms with van der Waals surface area (Å²) in [4.78, 5) is 28.2. The van der Waals surface area contributed by atoms with Crippen LogP contribution in [0.3, 0.4) is 0 Å². The predicted molar refractivity (Wildman–Crippen MR) is 142 cm³/mol. The Labute approximate surface area is 220 Å². The molecule has 3 aromatic rings. The van der Waals surface area contributed by atoms with E-state index in [0.29, 0.717) is 60.8 Å². The number of hydrogen-bond acceptors (Lipinski definition) is 6. The highest BCUT2D eigenvalue weighted by Crippen LogP contribution is 2.32. The maximum absolute atomic E-state index is 12.6. The van der Waals surface area contributed by atoms with E-state index in [4.69, 9.17) is 25.8 Å². The van der Waals surface area contributed by atoms with Crippen LogP contribution in [0.5, 0.6) is 11.5 Å². The normalized spacial score (nSPS) is 13.2. The number of carbonyl (C=O) groups is 2. The lowest BCUT2D eigenvalue weighted by Crippen LogP contribution is -2.37. The largest absolute Gasteiger partial charge is 0.493 e. The fraction of sp³-hybridized carbons (Fsp3) is 0.286. The molecule has 1 aliphatic rings. The van der Waals surface area contributed by atoms with Gasteiger partial charge in [0.05, 0.1) is 38.1 Å². The van der Waals surface area contributed by atoms with Crippen LogP contribution in [0, 0.1) is 0 Å². The Hall–Kier alpha value is -3.75. The second-order valence-corrected chi connectivity index (χ2v) is 9.05. The highest BCUT2D eigenvalue weighted by Gasteiger charge is 2.22. The van der Waals surface area contributed by atoms with Crippen LogP contribution in [-0.4, -0.2) is 50.4 Å². The van der Waals surface area contributed by atoms with Gasteiger partial charge in [-0.15, -0.1) is 0 Å². The summed E-state index contributed by atoms with van der Waals surface area (Å²) in [5.41, 5.74) is 2.99. The molecule has 8 nitrogen and oxygen atoms in total. The lowest BCUT2D eigenvalue weighted by Gasteiger charge is -2.31. The molecule has 1 heterocycles. The number of benzene rings is 3. The minimum Gasteiger partial charge on any atom is -0.493 e. The van der Waals surface area contributed by atoms with Gasteiger partial charge in [0.25, 0.3) is 0 Å². The summed E-state index contributed by atoms with van der Waals surface area (Å²) >= 11 is 6.05. The average Bonchev–Trinajstić information content (AvgIpc) is 2.90. The van der Waals surface area contributed by atoms with Gasteiger partial charge < -0.3 is 29.1 Å². The summed E-state index contributed by atoms with van der Waals surface area (Å²) < 4.78 is 16.8. The molecule has 3 aromatic carbocycles. The van der Waals surface area contributed by atoms with E-state index in [9.17, 15) is 14.7 Å². The zero-order valence-corrected chi connectivity index (χ0v) is 21.5. The van der Waals surface area contributed by atoms with E-state index >= 15 is 0 Å². The van der Waals surface area contributed by atoms with Crippen LogP contribution in [0.2, 0.25) is 5.02 Å². The van der Waals surface area contributed by atoms with Gasteiger partial charge in [-0.25, -0.2) is 4.79 Å². The summed E-state index contributed by atoms with van der Waals surface area (Å²) in [6.07, 6.45) is 0. The molecule has 0 spiro atoms. The van der Waals surface area contributed by atoms with Gasteiger partial charge in [0, 0.05) is 30.7 Å². The van der Waals surface area contributed by atoms with Crippen LogP contribution < -0.4 is 19.3 Å². The van der Waals surface area contributed by atoms with Gasteiger partial charge in [-0.1, -0.05) is 29.8 Å². The minimum atomic E-state index is -1.05. The van der Waals surface area contributed by atoms with Crippen LogP contribution >= 0.6 is 11.6 Å². The molecule has 0 aliphatic carbocycles. The Bertz CT molecular complexity index is 1280. The van der Waals surface area contributed by atoms with Gasteiger partial charge in [-0.3, -0.25) is 4.79 Å². The van der Waals surface area contributed by atoms with Gasteiger partial charge in [0.2, 0.25) is 5.91 Å². The predicted octanol–water partition coefficient (Wildman–Crippen LogP) is 5.02. The molecule has 9 heteroatoms. The van der Waals surface area contributed by atoms with Crippen molar-refractivity contribution in [3.8, 4) is 11.5 Å². The highest BCUT2D eigenvalue weighted by atomic mass is 35.5. The third kappa shape index (κ3) is 6.53. The Kier molecular flexibility index (Phi) is 8.53. The van der Waals surface area contributed by atoms with E-state index in [2.05, 4.69) is 0 Å². The first-order valence-corrected chi connectivity index (χ1v) is 12.3. The molecule has 0 unspecified atom stereocenters. The second-order valence-electron chi connectivity index (χ2n) is 8.61. The number of aromatic carboxylic acids is 1. The van der Waals surface area contributed by atoms with Crippen molar-refractivity contribution in [3.05, 3.63) is 82.4 Å². The zero-order valence-electron chi connectivity index (χ0n) is 20.8. The molecule has 4 rings (SSSR count). The Morgan fingerprint density at radius 1 is 1.03 bits per heavy atom. The van der Waals surface area contributed by atoms with Crippen LogP contribution in [0.25, 0.3) is 0 Å². The molecule has 194 valence electrons. The number of hydrogen-bond donors (Lipinski definition) is 1. The molecule has 37 heavy (non-hydrogen) atoms. The molecule has 1 amide bonds. The van der Waals surface area contributed by atoms with E-state index < -0.39 is 5.97 Å². The molecule has 1 N–H and O–H groups in total. The van der Waals surface area contributed by atoms with Gasteiger partial charge in [0.15, 0.2) is 11.5 Å². The maximum Gasteiger partial charge on any atom is 0.337 e. The number of morpholine rings is 1. The fourth-order valence-corrected chi connectivity index (χ4v) is 4.44. The molecule has 0 atom stereocenters. The van der Waals surface area contributed by atoms with Crippen molar-refractivity contribution in [2.24, 2.45) is 0 Å². The van der Waals surface area contributed by atoms with Crippen molar-refractivity contribution in [1.29, 1.82) is 0 Å². The first-order chi connectivity index (χ1) is 17.9. The highest BCUT2D eigenvalue weighted by molar-refractivity contribution is 6.30. The van der Waals surface area contributed by atoms with Crippen LogP contribution in [-0.2, 0) is 22.7 Å². The molecule has 1 aliphatic heterocycles. The number of nitrogens with zero attached hydrogens (tertiary/aromatic N) is 2. The third-order valence-corrected chi connectivity index (χ3v) is 6.34. The summed E-state index contributed by atoms with van der Waals surface area (Å²) in [6.45, 7) is 4.32. The number of carboxylic acid groups (broad SMARTS) is 1. The van der Waals surface area contributed by atoms with Crippen LogP contribution in [0.15, 0.2) is 60.7 Å². The number of rotatable bonds is 9. The third-order valence-electron chi connectivity index (χ3n) is 6.11. The molecule has 0 aromatic heterocycles. The summed E-state index contributed by atoms with van der Waals surface area (Å²) in [7, 11) is 1.55. The van der Waals surface area contributed by atoms with Crippen molar-refractivity contribution in [1.82, 2.24) is 0 Å². The van der Waals surface area contributed by atoms with Crippen molar-refractivity contribution < 1.29 is 28.9 Å². The zero-order chi connectivity index (χ0) is 26.4. The van der Waals surface area contributed by atoms with Gasteiger partial charge in [-0.2, -0.15) is 0 Å². The van der Waals surface area contributed by atoms with E-state index in [1.54, 1.807) is 37.4 Å². The molecule has 0 saturated carbocycles. The summed E-state index contributed by atoms with van der Waals surface area (Å²) in [5, 5.41) is 10.5. The number of anilines is 2. The number of ether oxygens (including phenoxy) is 3. The van der Waals surface area contributed by atoms with Crippen molar-refractivity contribution >= 4 is 34.9 Å². The second kappa shape index (κ2) is 12.0. The number of methoxy groups -OCH3 is 1. The molecule has 0 bridgehead atoms. The van der Waals surface area contributed by atoms with E-state index in [1.807, 2.05) is 35.2 Å². The molecule has 1 saturated heterocycles. The quantitative estimate of drug-likeness (QED) is 0.420.